The summed E-state index contributed by atoms with van der Waals surface area (Å²) in [5.74, 6) is -2.54. The topological polar surface area (TPSA) is 373 Å². The first-order chi connectivity index (χ1) is 16.4. The predicted molar refractivity (Wildman–Crippen MR) is 153 cm³/mol. The Balaban J connectivity index is -0.0000000116. The van der Waals surface area contributed by atoms with Gasteiger partial charge < -0.3 is 61.8 Å². The highest BCUT2D eigenvalue weighted by Gasteiger charge is 1.81. The molecular formula is C22H61O18+. The molecule has 0 fully saturated rings. The Labute approximate surface area is 240 Å². The molecule has 0 radical (unpaired) electrons. The second-order valence-corrected chi connectivity index (χ2v) is 4.25. The molecule has 18 heteroatoms. The molecule has 0 aromatic rings. The lowest BCUT2D eigenvalue weighted by molar-refractivity contribution is -0.192. The Hall–Kier alpha value is -3.77. The summed E-state index contributed by atoms with van der Waals surface area (Å²) >= 11 is 0. The van der Waals surface area contributed by atoms with Crippen molar-refractivity contribution in [3.05, 3.63) is 6.92 Å². The van der Waals surface area contributed by atoms with Gasteiger partial charge in [-0.25, -0.2) is 0 Å². The highest BCUT2D eigenvalue weighted by molar-refractivity contribution is 5.72. The molecule has 0 rings (SSSR count). The molecule has 0 heterocycles. The summed E-state index contributed by atoms with van der Waals surface area (Å²) in [7, 11) is 0. The number of hydrogen-bond acceptors (Lipinski definition) is 11. The lowest BCUT2D eigenvalue weighted by Gasteiger charge is -1.89. The van der Waals surface area contributed by atoms with Crippen LogP contribution in [0.3, 0.4) is 0 Å². The lowest BCUT2D eigenvalue weighted by Crippen LogP contribution is -1.95. The predicted octanol–water partition coefficient (Wildman–Crippen LogP) is -0.664. The SMILES string of the molecule is CC.CC(=O)O.CC(=O)O.CC(=O)O.CC(C)=O.CC=O.CCO.CCOC(C)=O.O.O.O.O.O=C=O.[CH2+]CO.[HH].[HH].[HH]. The molecule has 40 heavy (non-hydrogen) atoms. The molecule has 0 spiro atoms. The van der Waals surface area contributed by atoms with Gasteiger partial charge in [0.15, 0.2) is 6.61 Å². The maximum Gasteiger partial charge on any atom is 0.373 e. The summed E-state index contributed by atoms with van der Waals surface area (Å²) in [6.45, 7) is 20.4. The van der Waals surface area contributed by atoms with Crippen LogP contribution in [0.5, 0.6) is 0 Å². The maximum absolute atomic E-state index is 9.82. The zero-order valence-corrected chi connectivity index (χ0v) is 25.3. The number of esters is 1. The third kappa shape index (κ3) is 63800. The number of ketones is 1. The number of rotatable bonds is 1. The number of carboxylic acids is 3. The zero-order chi connectivity index (χ0) is 32.1. The summed E-state index contributed by atoms with van der Waals surface area (Å²) in [6, 6.07) is 0. The number of carbonyl (C=O) groups excluding carboxylic acids is 5. The molecule has 0 atom stereocenters. The van der Waals surface area contributed by atoms with Gasteiger partial charge in [0.2, 0.25) is 0 Å². The van der Waals surface area contributed by atoms with Crippen molar-refractivity contribution in [1.82, 2.24) is 0 Å². The number of aliphatic hydroxyl groups is 2. The molecule has 0 aromatic carbocycles. The van der Waals surface area contributed by atoms with Gasteiger partial charge in [0, 0.05) is 38.6 Å². The third-order valence-electron chi connectivity index (χ3n) is 0.348. The van der Waals surface area contributed by atoms with E-state index in [9.17, 15) is 9.59 Å². The highest BCUT2D eigenvalue weighted by atomic mass is 16.5. The largest absolute Gasteiger partial charge is 0.481 e. The normalized spacial score (nSPS) is 5.22. The minimum atomic E-state index is -0.833. The molecule has 256 valence electrons. The Morgan fingerprint density at radius 1 is 0.750 bits per heavy atom. The van der Waals surface area contributed by atoms with Crippen LogP contribution in [0.1, 0.15) is 80.4 Å². The van der Waals surface area contributed by atoms with E-state index in [0.717, 1.165) is 27.1 Å². The smallest absolute Gasteiger partial charge is 0.373 e. The second kappa shape index (κ2) is 139. The van der Waals surface area contributed by atoms with E-state index in [1.54, 1.807) is 13.8 Å². The van der Waals surface area contributed by atoms with E-state index in [1.807, 2.05) is 13.8 Å². The van der Waals surface area contributed by atoms with Crippen molar-refractivity contribution in [3.8, 4) is 0 Å². The molecule has 0 bridgehead atoms. The molecular weight excluding hydrogens is 552 g/mol. The van der Waals surface area contributed by atoms with Crippen molar-refractivity contribution in [3.63, 3.8) is 0 Å². The molecule has 13 N–H and O–H groups in total. The fraction of sp³-hybridized carbons (Fsp3) is 0.636. The molecule has 0 aliphatic heterocycles. The van der Waals surface area contributed by atoms with Crippen LogP contribution in [-0.2, 0) is 43.1 Å². The van der Waals surface area contributed by atoms with Gasteiger partial charge in [0.1, 0.15) is 12.1 Å². The molecule has 0 saturated carbocycles. The number of Topliss-reactive ketones (excluding diaryl/α,β-unsaturated/α-hetero) is 1. The maximum atomic E-state index is 9.82. The van der Waals surface area contributed by atoms with Crippen LogP contribution < -0.4 is 0 Å². The standard InChI is InChI=1S/C4H8O2.C3H6O.3C2H4O2.C2H6O.C2H5O.C2H4O.C2H6.CO2.4H2O.3H2/c1-3-6-4(2)5;1-3(2)4;3*1-2(3)4;3*1-2-3;1-2;2-1-3;;;;;;;/h3H2,1-2H3;1-2H3;3*1H3,(H,3,4);3H,2H2,1H3;3H,1-2H2;2H,1H3;1-2H3;;4*1H2;3*1H/q;;;;;;+1;;;;;;;;;;. The first-order valence-electron chi connectivity index (χ1n) is 9.95. The molecule has 18 nitrogen and oxygen atoms in total. The van der Waals surface area contributed by atoms with Gasteiger partial charge in [-0.1, -0.05) is 13.8 Å². The Morgan fingerprint density at radius 3 is 0.825 bits per heavy atom. The number of ether oxygens (including phenoxy) is 1. The van der Waals surface area contributed by atoms with Gasteiger partial charge >= 0.3 is 12.1 Å². The Bertz CT molecular complexity index is 424. The first kappa shape index (κ1) is 91.0. The summed E-state index contributed by atoms with van der Waals surface area (Å²) in [6.07, 6.45) is 1.00. The quantitative estimate of drug-likeness (QED) is 0.139. The van der Waals surface area contributed by atoms with Gasteiger partial charge in [-0.2, -0.15) is 9.59 Å². The zero-order valence-electron chi connectivity index (χ0n) is 25.3. The van der Waals surface area contributed by atoms with Crippen LogP contribution in [-0.4, -0.2) is 109 Å². The van der Waals surface area contributed by atoms with E-state index < -0.39 is 17.9 Å². The lowest BCUT2D eigenvalue weighted by atomic mass is 10.6. The highest BCUT2D eigenvalue weighted by Crippen LogP contribution is 1.69. The second-order valence-electron chi connectivity index (χ2n) is 4.25. The van der Waals surface area contributed by atoms with Crippen LogP contribution in [0.15, 0.2) is 0 Å². The number of aliphatic hydroxyl groups excluding tert-OH is 2. The first-order valence-corrected chi connectivity index (χ1v) is 9.95. The van der Waals surface area contributed by atoms with E-state index in [4.69, 9.17) is 54.3 Å². The minimum Gasteiger partial charge on any atom is -0.481 e. The Morgan fingerprint density at radius 2 is 0.825 bits per heavy atom. The summed E-state index contributed by atoms with van der Waals surface area (Å²) in [5.41, 5.74) is 0. The third-order valence-corrected chi connectivity index (χ3v) is 0.348. The molecule has 0 aliphatic rings. The molecule has 0 unspecified atom stereocenters. The van der Waals surface area contributed by atoms with Crippen LogP contribution >= 0.6 is 0 Å². The minimum absolute atomic E-state index is 0. The van der Waals surface area contributed by atoms with Crippen LogP contribution in [0.2, 0.25) is 0 Å². The van der Waals surface area contributed by atoms with Crippen molar-refractivity contribution in [2.75, 3.05) is 19.8 Å². The van der Waals surface area contributed by atoms with Crippen LogP contribution in [0.4, 0.5) is 0 Å². The van der Waals surface area contributed by atoms with Gasteiger partial charge in [0.05, 0.1) is 13.5 Å². The number of hydrogen-bond donors (Lipinski definition) is 5. The number of aldehydes is 1. The monoisotopic (exact) mass is 613 g/mol. The van der Waals surface area contributed by atoms with E-state index in [-0.39, 0.29) is 57.3 Å². The fourth-order valence-electron chi connectivity index (χ4n) is 0.203. The molecule has 0 amide bonds. The number of carboxylic acid groups (broad SMARTS) is 3. The van der Waals surface area contributed by atoms with Crippen LogP contribution in [0.25, 0.3) is 0 Å². The number of carbonyl (C=O) groups is 6. The molecule has 0 saturated heterocycles. The van der Waals surface area contributed by atoms with Gasteiger partial charge in [0.25, 0.3) is 17.9 Å². The summed E-state index contributed by atoms with van der Waals surface area (Å²) in [5, 5.41) is 37.3. The van der Waals surface area contributed by atoms with E-state index in [2.05, 4.69) is 11.7 Å². The van der Waals surface area contributed by atoms with Gasteiger partial charge in [-0.3, -0.25) is 19.2 Å². The molecule has 0 aliphatic carbocycles. The summed E-state index contributed by atoms with van der Waals surface area (Å²) < 4.78 is 4.40. The van der Waals surface area contributed by atoms with Gasteiger partial charge in [-0.15, -0.1) is 0 Å². The van der Waals surface area contributed by atoms with Crippen molar-refractivity contribution in [2.24, 2.45) is 0 Å². The average molecular weight is 614 g/mol. The van der Waals surface area contributed by atoms with Crippen molar-refractivity contribution < 1.29 is 94.8 Å². The van der Waals surface area contributed by atoms with E-state index in [0.29, 0.717) is 6.61 Å². The van der Waals surface area contributed by atoms with Crippen molar-refractivity contribution in [2.45, 2.75) is 76.2 Å². The van der Waals surface area contributed by atoms with Gasteiger partial charge in [-0.05, 0) is 34.6 Å². The Kier molecular flexibility index (Phi) is 316. The summed E-state index contributed by atoms with van der Waals surface area (Å²) in [4.78, 5) is 71.3. The molecule has 0 aromatic heterocycles. The van der Waals surface area contributed by atoms with Crippen molar-refractivity contribution >= 4 is 42.1 Å². The van der Waals surface area contributed by atoms with E-state index in [1.165, 1.54) is 27.7 Å². The van der Waals surface area contributed by atoms with Crippen molar-refractivity contribution in [1.29, 1.82) is 0 Å². The number of aliphatic carboxylic acids is 3. The average Bonchev–Trinajstić information content (AvgIpc) is 2.64. The fourth-order valence-corrected chi connectivity index (χ4v) is 0.203. The van der Waals surface area contributed by atoms with E-state index >= 15 is 0 Å². The van der Waals surface area contributed by atoms with Crippen LogP contribution in [0, 0.1) is 6.92 Å².